The van der Waals surface area contributed by atoms with Crippen molar-refractivity contribution >= 4 is 11.8 Å². The van der Waals surface area contributed by atoms with Gasteiger partial charge in [0, 0.05) is 7.11 Å². The summed E-state index contributed by atoms with van der Waals surface area (Å²) in [6.07, 6.45) is 4.87. The van der Waals surface area contributed by atoms with Crippen LogP contribution < -0.4 is 0 Å². The molecular formula is C21H32O6. The van der Waals surface area contributed by atoms with E-state index in [4.69, 9.17) is 9.47 Å². The maximum Gasteiger partial charge on any atom is 0.316 e. The summed E-state index contributed by atoms with van der Waals surface area (Å²) in [7, 11) is 1.33. The smallest absolute Gasteiger partial charge is 0.316 e. The van der Waals surface area contributed by atoms with Crippen LogP contribution in [0, 0.1) is 11.8 Å². The van der Waals surface area contributed by atoms with Gasteiger partial charge in [0.25, 0.3) is 0 Å². The number of aliphatic hydroxyl groups excluding tert-OH is 1. The van der Waals surface area contributed by atoms with Crippen LogP contribution in [0.4, 0.5) is 0 Å². The molecule has 0 aliphatic carbocycles. The minimum absolute atomic E-state index is 0.0697. The molecule has 0 bridgehead atoms. The van der Waals surface area contributed by atoms with Gasteiger partial charge in [0.1, 0.15) is 18.1 Å². The van der Waals surface area contributed by atoms with E-state index in [1.807, 2.05) is 32.9 Å². The van der Waals surface area contributed by atoms with Crippen molar-refractivity contribution in [2.45, 2.75) is 58.3 Å². The van der Waals surface area contributed by atoms with Gasteiger partial charge in [0.15, 0.2) is 11.4 Å². The van der Waals surface area contributed by atoms with Crippen LogP contribution in [0.15, 0.2) is 36.0 Å². The highest BCUT2D eigenvalue weighted by Gasteiger charge is 2.47. The van der Waals surface area contributed by atoms with E-state index in [1.165, 1.54) is 14.0 Å². The highest BCUT2D eigenvalue weighted by atomic mass is 16.5. The molecule has 0 aromatic carbocycles. The van der Waals surface area contributed by atoms with Crippen LogP contribution in [0.25, 0.3) is 0 Å². The summed E-state index contributed by atoms with van der Waals surface area (Å²) >= 11 is 0. The molecule has 0 radical (unpaired) electrons. The van der Waals surface area contributed by atoms with Crippen LogP contribution in [0.2, 0.25) is 0 Å². The number of hydrogen-bond donors (Lipinski definition) is 2. The Kier molecular flexibility index (Phi) is 8.59. The maximum atomic E-state index is 12.8. The fraction of sp³-hybridized carbons (Fsp3) is 0.619. The van der Waals surface area contributed by atoms with Crippen LogP contribution in [0.3, 0.4) is 0 Å². The van der Waals surface area contributed by atoms with E-state index in [0.29, 0.717) is 12.8 Å². The predicted octanol–water partition coefficient (Wildman–Crippen LogP) is 2.35. The Labute approximate surface area is 161 Å². The summed E-state index contributed by atoms with van der Waals surface area (Å²) in [6.45, 7) is 10.3. The second-order valence-corrected chi connectivity index (χ2v) is 7.27. The van der Waals surface area contributed by atoms with E-state index < -0.39 is 42.1 Å². The van der Waals surface area contributed by atoms with Gasteiger partial charge >= 0.3 is 5.97 Å². The lowest BCUT2D eigenvalue weighted by Crippen LogP contribution is -2.56. The molecule has 0 fully saturated rings. The Balaban J connectivity index is 3.39. The Morgan fingerprint density at radius 2 is 1.96 bits per heavy atom. The molecule has 0 amide bonds. The van der Waals surface area contributed by atoms with Crippen LogP contribution >= 0.6 is 0 Å². The van der Waals surface area contributed by atoms with Gasteiger partial charge in [-0.3, -0.25) is 9.59 Å². The molecule has 0 saturated heterocycles. The number of ketones is 1. The van der Waals surface area contributed by atoms with Gasteiger partial charge in [-0.2, -0.15) is 0 Å². The molecule has 0 saturated carbocycles. The first kappa shape index (κ1) is 23.3. The summed E-state index contributed by atoms with van der Waals surface area (Å²) in [6, 6.07) is 0. The van der Waals surface area contributed by atoms with E-state index in [9.17, 15) is 19.8 Å². The number of methoxy groups -OCH3 is 1. The van der Waals surface area contributed by atoms with Gasteiger partial charge in [0.05, 0.1) is 6.61 Å². The third kappa shape index (κ3) is 5.61. The molecule has 1 rings (SSSR count). The Hall–Kier alpha value is -1.76. The quantitative estimate of drug-likeness (QED) is 0.444. The topological polar surface area (TPSA) is 93.1 Å². The van der Waals surface area contributed by atoms with E-state index in [0.717, 1.165) is 11.1 Å². The van der Waals surface area contributed by atoms with Crippen molar-refractivity contribution in [3.63, 3.8) is 0 Å². The standard InChI is InChI=1S/C21H32O6/c1-7-17-15(4)11-14(3)10-13(2)8-9-18(26-6)21(25,12-22)19(23)16(5)20(24)27-17/h8-9,11,13,16-18,22,25H,3,7,10,12H2,1-2,4-6H3/b9-8-,15-11+/t13-,16-,17+,18?,21-/m1/s1. The van der Waals surface area contributed by atoms with Gasteiger partial charge in [-0.05, 0) is 38.2 Å². The average molecular weight is 380 g/mol. The second-order valence-electron chi connectivity index (χ2n) is 7.27. The second kappa shape index (κ2) is 9.97. The molecule has 0 spiro atoms. The van der Waals surface area contributed by atoms with Crippen molar-refractivity contribution in [1.29, 1.82) is 0 Å². The largest absolute Gasteiger partial charge is 0.457 e. The first-order valence-electron chi connectivity index (χ1n) is 9.25. The molecule has 1 aliphatic heterocycles. The third-order valence-corrected chi connectivity index (χ3v) is 4.91. The SMILES string of the molecule is C=C1/C=C(\C)[C@H](CC)OC(=O)[C@H](C)C(=O)[C@@](O)(CO)C(OC)/C=C\[C@@H](C)C1. The van der Waals surface area contributed by atoms with E-state index in [1.54, 1.807) is 6.08 Å². The zero-order valence-corrected chi connectivity index (χ0v) is 16.9. The maximum absolute atomic E-state index is 12.8. The van der Waals surface area contributed by atoms with Crippen molar-refractivity contribution in [3.8, 4) is 0 Å². The fourth-order valence-corrected chi connectivity index (χ4v) is 3.21. The lowest BCUT2D eigenvalue weighted by Gasteiger charge is -2.32. The molecule has 152 valence electrons. The van der Waals surface area contributed by atoms with Crippen molar-refractivity contribution < 1.29 is 29.3 Å². The first-order valence-corrected chi connectivity index (χ1v) is 9.25. The number of rotatable bonds is 3. The zero-order chi connectivity index (χ0) is 20.8. The molecule has 1 unspecified atom stereocenters. The van der Waals surface area contributed by atoms with Crippen molar-refractivity contribution in [3.05, 3.63) is 36.0 Å². The number of esters is 1. The van der Waals surface area contributed by atoms with E-state index >= 15 is 0 Å². The first-order chi connectivity index (χ1) is 12.6. The monoisotopic (exact) mass is 380 g/mol. The van der Waals surface area contributed by atoms with Crippen LogP contribution in [0.5, 0.6) is 0 Å². The minimum atomic E-state index is -2.24. The lowest BCUT2D eigenvalue weighted by atomic mass is 9.84. The van der Waals surface area contributed by atoms with Gasteiger partial charge in [-0.25, -0.2) is 0 Å². The summed E-state index contributed by atoms with van der Waals surface area (Å²) in [5.41, 5.74) is -0.514. The zero-order valence-electron chi connectivity index (χ0n) is 16.9. The van der Waals surface area contributed by atoms with Crippen LogP contribution in [-0.2, 0) is 19.1 Å². The van der Waals surface area contributed by atoms with Crippen molar-refractivity contribution in [1.82, 2.24) is 0 Å². The van der Waals surface area contributed by atoms with E-state index in [-0.39, 0.29) is 5.92 Å². The van der Waals surface area contributed by atoms with Crippen LogP contribution in [0.1, 0.15) is 40.5 Å². The number of carbonyl (C=O) groups is 2. The van der Waals surface area contributed by atoms with Crippen LogP contribution in [-0.4, -0.2) is 53.5 Å². The van der Waals surface area contributed by atoms with Gasteiger partial charge in [-0.15, -0.1) is 0 Å². The molecule has 5 atom stereocenters. The highest BCUT2D eigenvalue weighted by Crippen LogP contribution is 2.25. The molecule has 6 heteroatoms. The molecule has 1 heterocycles. The Bertz CT molecular complexity index is 620. The third-order valence-electron chi connectivity index (χ3n) is 4.91. The summed E-state index contributed by atoms with van der Waals surface area (Å²) < 4.78 is 10.7. The molecule has 0 aromatic rings. The predicted molar refractivity (Wildman–Crippen MR) is 103 cm³/mol. The van der Waals surface area contributed by atoms with E-state index in [2.05, 4.69) is 6.58 Å². The lowest BCUT2D eigenvalue weighted by molar-refractivity contribution is -0.169. The highest BCUT2D eigenvalue weighted by molar-refractivity contribution is 6.03. The molecule has 27 heavy (non-hydrogen) atoms. The number of allylic oxidation sites excluding steroid dienone is 3. The molecule has 6 nitrogen and oxygen atoms in total. The summed E-state index contributed by atoms with van der Waals surface area (Å²) in [5, 5.41) is 20.5. The van der Waals surface area contributed by atoms with Gasteiger partial charge in [0.2, 0.25) is 0 Å². The van der Waals surface area contributed by atoms with Gasteiger partial charge < -0.3 is 19.7 Å². The van der Waals surface area contributed by atoms with Crippen molar-refractivity contribution in [2.75, 3.05) is 13.7 Å². The normalized spacial score (nSPS) is 37.1. The molecule has 2 N–H and O–H groups in total. The number of aliphatic hydroxyl groups is 2. The van der Waals surface area contributed by atoms with Crippen molar-refractivity contribution in [2.24, 2.45) is 11.8 Å². The van der Waals surface area contributed by atoms with Gasteiger partial charge in [-0.1, -0.05) is 44.2 Å². The number of Topliss-reactive ketones (excluding diaryl/α,β-unsaturated/α-hetero) is 1. The molecule has 1 aliphatic rings. The fourth-order valence-electron chi connectivity index (χ4n) is 3.21. The molecular weight excluding hydrogens is 348 g/mol. The number of cyclic esters (lactones) is 1. The average Bonchev–Trinajstić information content (AvgIpc) is 2.63. The minimum Gasteiger partial charge on any atom is -0.457 e. The summed E-state index contributed by atoms with van der Waals surface area (Å²) in [4.78, 5) is 25.3. The number of hydrogen-bond acceptors (Lipinski definition) is 6. The molecule has 0 aromatic heterocycles. The number of ether oxygens (including phenoxy) is 2. The number of carbonyl (C=O) groups excluding carboxylic acids is 2. The summed E-state index contributed by atoms with van der Waals surface area (Å²) in [5.74, 6) is -2.77. The Morgan fingerprint density at radius 3 is 2.48 bits per heavy atom. The Morgan fingerprint density at radius 1 is 1.33 bits per heavy atom.